The van der Waals surface area contributed by atoms with Crippen molar-refractivity contribution in [1.29, 1.82) is 0 Å². The zero-order valence-electron chi connectivity index (χ0n) is 7.57. The third-order valence-corrected chi connectivity index (χ3v) is 1.96. The van der Waals surface area contributed by atoms with Gasteiger partial charge in [-0.15, -0.1) is 0 Å². The predicted octanol–water partition coefficient (Wildman–Crippen LogP) is 1.08. The number of nitrogens with zero attached hydrogens (tertiary/aromatic N) is 1. The summed E-state index contributed by atoms with van der Waals surface area (Å²) in [7, 11) is 0. The summed E-state index contributed by atoms with van der Waals surface area (Å²) in [6.07, 6.45) is 12.2. The fourth-order valence-electron chi connectivity index (χ4n) is 1.30. The average Bonchev–Trinajstić information content (AvgIpc) is 2.08. The maximum atomic E-state index is 4.44. The Hall–Kier alpha value is -1.63. The van der Waals surface area contributed by atoms with Crippen molar-refractivity contribution in [3.63, 3.8) is 0 Å². The van der Waals surface area contributed by atoms with Crippen molar-refractivity contribution in [2.45, 2.75) is 6.92 Å². The molecule has 0 amide bonds. The molecular weight excluding hydrogens is 158 g/mol. The molecule has 0 aliphatic heterocycles. The average molecular weight is 169 g/mol. The molecule has 0 aromatic carbocycles. The second kappa shape index (κ2) is 3.40. The second-order valence-electron chi connectivity index (χ2n) is 3.03. The van der Waals surface area contributed by atoms with Gasteiger partial charge in [-0.25, -0.2) is 0 Å². The number of aromatic nitrogens is 1. The zero-order chi connectivity index (χ0) is 9.10. The molecule has 64 valence electrons. The van der Waals surface area contributed by atoms with E-state index in [1.807, 2.05) is 43.4 Å². The Morgan fingerprint density at radius 2 is 1.69 bits per heavy atom. The molecule has 1 aliphatic carbocycles. The zero-order valence-corrected chi connectivity index (χ0v) is 7.57. The fourth-order valence-corrected chi connectivity index (χ4v) is 1.30. The van der Waals surface area contributed by atoms with Gasteiger partial charge < -0.3 is 0 Å². The van der Waals surface area contributed by atoms with Gasteiger partial charge in [0.1, 0.15) is 0 Å². The molecule has 0 saturated heterocycles. The molecule has 0 N–H and O–H groups in total. The molecule has 1 heteroatoms. The van der Waals surface area contributed by atoms with E-state index in [9.17, 15) is 0 Å². The third kappa shape index (κ3) is 1.75. The van der Waals surface area contributed by atoms with Crippen LogP contribution in [0.25, 0.3) is 12.2 Å². The van der Waals surface area contributed by atoms with Crippen LogP contribution in [0.15, 0.2) is 36.4 Å². The van der Waals surface area contributed by atoms with Gasteiger partial charge in [0.05, 0.1) is 5.35 Å². The molecule has 0 radical (unpaired) electrons. The smallest absolute Gasteiger partial charge is 0.0705 e. The van der Waals surface area contributed by atoms with Crippen molar-refractivity contribution < 1.29 is 0 Å². The molecule has 1 aliphatic rings. The molecule has 0 unspecified atom stereocenters. The standard InChI is InChI=1S/C12H11N/c1-10-8-9-11-6-4-2-3-5-7-12(11)13-10/h2-9H,1H3/b3-2?,4-2-,5-3-,6-4?,7-5?,11-6-,12-7+. The molecule has 1 heterocycles. The summed E-state index contributed by atoms with van der Waals surface area (Å²) >= 11 is 0. The Morgan fingerprint density at radius 3 is 2.54 bits per heavy atom. The number of rotatable bonds is 0. The van der Waals surface area contributed by atoms with Gasteiger partial charge in [-0.05, 0) is 19.1 Å². The van der Waals surface area contributed by atoms with E-state index in [2.05, 4.69) is 17.1 Å². The normalized spacial score (nSPS) is 23.8. The Bertz CT molecular complexity index is 478. The van der Waals surface area contributed by atoms with Crippen LogP contribution in [-0.2, 0) is 0 Å². The summed E-state index contributed by atoms with van der Waals surface area (Å²) in [4.78, 5) is 4.44. The van der Waals surface area contributed by atoms with Crippen LogP contribution in [0.3, 0.4) is 0 Å². The monoisotopic (exact) mass is 169 g/mol. The number of hydrogen-bond donors (Lipinski definition) is 0. The van der Waals surface area contributed by atoms with Crippen LogP contribution in [0.1, 0.15) is 5.69 Å². The Kier molecular flexibility index (Phi) is 2.09. The van der Waals surface area contributed by atoms with Crippen LogP contribution in [0, 0.1) is 6.92 Å². The lowest BCUT2D eigenvalue weighted by Crippen LogP contribution is -2.28. The highest BCUT2D eigenvalue weighted by atomic mass is 14.7. The van der Waals surface area contributed by atoms with E-state index >= 15 is 0 Å². The van der Waals surface area contributed by atoms with Crippen molar-refractivity contribution >= 4 is 12.2 Å². The minimum Gasteiger partial charge on any atom is -0.253 e. The Balaban J connectivity index is 2.79. The number of pyridine rings is 1. The van der Waals surface area contributed by atoms with Gasteiger partial charge >= 0.3 is 0 Å². The van der Waals surface area contributed by atoms with Crippen LogP contribution in [0.5, 0.6) is 0 Å². The molecule has 0 bridgehead atoms. The lowest BCUT2D eigenvalue weighted by atomic mass is 10.2. The minimum absolute atomic E-state index is 1.04. The van der Waals surface area contributed by atoms with Crippen molar-refractivity contribution in [2.75, 3.05) is 0 Å². The first-order valence-electron chi connectivity index (χ1n) is 4.35. The molecule has 0 atom stereocenters. The SMILES string of the molecule is Cc1ccc2/c(n1)=C\C=C/C=C\C=2. The summed E-state index contributed by atoms with van der Waals surface area (Å²) in [6, 6.07) is 4.12. The fraction of sp³-hybridized carbons (Fsp3) is 0.0833. The predicted molar refractivity (Wildman–Crippen MR) is 55.4 cm³/mol. The van der Waals surface area contributed by atoms with Crippen LogP contribution in [0.4, 0.5) is 0 Å². The van der Waals surface area contributed by atoms with Crippen LogP contribution in [-0.4, -0.2) is 4.98 Å². The first-order chi connectivity index (χ1) is 6.36. The van der Waals surface area contributed by atoms with Gasteiger partial charge in [-0.3, -0.25) is 4.98 Å². The topological polar surface area (TPSA) is 12.9 Å². The largest absolute Gasteiger partial charge is 0.253 e. The maximum Gasteiger partial charge on any atom is 0.0705 e. The van der Waals surface area contributed by atoms with E-state index in [0.29, 0.717) is 0 Å². The highest BCUT2D eigenvalue weighted by Gasteiger charge is 1.87. The van der Waals surface area contributed by atoms with Crippen LogP contribution >= 0.6 is 0 Å². The van der Waals surface area contributed by atoms with Crippen molar-refractivity contribution in [1.82, 2.24) is 4.98 Å². The Morgan fingerprint density at radius 1 is 0.923 bits per heavy atom. The molecule has 1 aromatic heterocycles. The Labute approximate surface area is 77.4 Å². The van der Waals surface area contributed by atoms with Gasteiger partial charge in [-0.2, -0.15) is 0 Å². The minimum atomic E-state index is 1.04. The number of fused-ring (bicyclic) bond motifs is 1. The lowest BCUT2D eigenvalue weighted by Gasteiger charge is -1.93. The van der Waals surface area contributed by atoms with E-state index in [1.54, 1.807) is 0 Å². The second-order valence-corrected chi connectivity index (χ2v) is 3.03. The summed E-state index contributed by atoms with van der Waals surface area (Å²) in [5.41, 5.74) is 1.06. The molecule has 0 saturated carbocycles. The van der Waals surface area contributed by atoms with E-state index in [-0.39, 0.29) is 0 Å². The van der Waals surface area contributed by atoms with Gasteiger partial charge in [-0.1, -0.05) is 36.4 Å². The van der Waals surface area contributed by atoms with E-state index in [4.69, 9.17) is 0 Å². The van der Waals surface area contributed by atoms with Gasteiger partial charge in [0.2, 0.25) is 0 Å². The van der Waals surface area contributed by atoms with Crippen molar-refractivity contribution in [3.8, 4) is 0 Å². The van der Waals surface area contributed by atoms with E-state index in [1.165, 1.54) is 5.22 Å². The summed E-state index contributed by atoms with van der Waals surface area (Å²) in [6.45, 7) is 2.01. The first kappa shape index (κ1) is 7.99. The van der Waals surface area contributed by atoms with Gasteiger partial charge in [0.15, 0.2) is 0 Å². The van der Waals surface area contributed by atoms with Gasteiger partial charge in [0.25, 0.3) is 0 Å². The highest BCUT2D eigenvalue weighted by molar-refractivity contribution is 5.46. The maximum absolute atomic E-state index is 4.44. The quantitative estimate of drug-likeness (QED) is 0.566. The molecular formula is C12H11N. The molecule has 0 spiro atoms. The van der Waals surface area contributed by atoms with Crippen LogP contribution in [0.2, 0.25) is 0 Å². The molecule has 1 nitrogen and oxygen atoms in total. The summed E-state index contributed by atoms with van der Waals surface area (Å²) in [5, 5.41) is 2.21. The number of allylic oxidation sites excluding steroid dienone is 4. The van der Waals surface area contributed by atoms with Gasteiger partial charge in [0, 0.05) is 10.9 Å². The first-order valence-corrected chi connectivity index (χ1v) is 4.35. The lowest BCUT2D eigenvalue weighted by molar-refractivity contribution is 1.13. The number of hydrogen-bond acceptors (Lipinski definition) is 1. The van der Waals surface area contributed by atoms with E-state index < -0.39 is 0 Å². The molecule has 0 fully saturated rings. The molecule has 2 rings (SSSR count). The number of aryl methyl sites for hydroxylation is 1. The third-order valence-electron chi connectivity index (χ3n) is 1.96. The molecule has 13 heavy (non-hydrogen) atoms. The molecule has 1 aromatic rings. The highest BCUT2D eigenvalue weighted by Crippen LogP contribution is 1.85. The van der Waals surface area contributed by atoms with E-state index in [0.717, 1.165) is 11.0 Å². The summed E-state index contributed by atoms with van der Waals surface area (Å²) < 4.78 is 0. The van der Waals surface area contributed by atoms with Crippen LogP contribution < -0.4 is 10.6 Å². The summed E-state index contributed by atoms with van der Waals surface area (Å²) in [5.74, 6) is 0. The van der Waals surface area contributed by atoms with Crippen molar-refractivity contribution in [2.24, 2.45) is 0 Å². The van der Waals surface area contributed by atoms with Crippen molar-refractivity contribution in [3.05, 3.63) is 52.7 Å².